The summed E-state index contributed by atoms with van der Waals surface area (Å²) >= 11 is 0. The average molecular weight is 401 g/mol. The van der Waals surface area contributed by atoms with E-state index in [0.29, 0.717) is 31.1 Å². The van der Waals surface area contributed by atoms with Crippen molar-refractivity contribution >= 4 is 15.7 Å². The molecule has 3 rings (SSSR count). The summed E-state index contributed by atoms with van der Waals surface area (Å²) in [6, 6.07) is 13.9. The molecule has 4 nitrogen and oxygen atoms in total. The summed E-state index contributed by atoms with van der Waals surface area (Å²) in [5.41, 5.74) is 4.92. The minimum absolute atomic E-state index is 0.0554. The molecule has 5 heteroatoms. The van der Waals surface area contributed by atoms with Gasteiger partial charge in [0.25, 0.3) is 0 Å². The van der Waals surface area contributed by atoms with Crippen LogP contribution in [0.5, 0.6) is 0 Å². The van der Waals surface area contributed by atoms with E-state index in [2.05, 4.69) is 57.7 Å². The third-order valence-electron chi connectivity index (χ3n) is 6.09. The van der Waals surface area contributed by atoms with Crippen LogP contribution in [0, 0.1) is 13.8 Å². The lowest BCUT2D eigenvalue weighted by Crippen LogP contribution is -2.48. The highest BCUT2D eigenvalue weighted by Gasteiger charge is 2.29. The first-order valence-electron chi connectivity index (χ1n) is 10.1. The third kappa shape index (κ3) is 4.11. The van der Waals surface area contributed by atoms with Gasteiger partial charge in [-0.2, -0.15) is 4.31 Å². The molecule has 152 valence electrons. The molecule has 0 radical (unpaired) electrons. The number of hydrogen-bond acceptors (Lipinski definition) is 3. The summed E-state index contributed by atoms with van der Waals surface area (Å²) < 4.78 is 27.8. The lowest BCUT2D eigenvalue weighted by Gasteiger charge is -2.36. The summed E-state index contributed by atoms with van der Waals surface area (Å²) in [5, 5.41) is 0. The van der Waals surface area contributed by atoms with Crippen molar-refractivity contribution in [3.63, 3.8) is 0 Å². The number of benzene rings is 2. The summed E-state index contributed by atoms with van der Waals surface area (Å²) in [4.78, 5) is 2.68. The second-order valence-electron chi connectivity index (χ2n) is 8.44. The molecule has 0 aromatic heterocycles. The molecule has 1 fully saturated rings. The Labute approximate surface area is 170 Å². The van der Waals surface area contributed by atoms with Crippen molar-refractivity contribution in [1.82, 2.24) is 4.31 Å². The number of hydrogen-bond donors (Lipinski definition) is 0. The van der Waals surface area contributed by atoms with Gasteiger partial charge in [0, 0.05) is 31.9 Å². The van der Waals surface area contributed by atoms with E-state index in [9.17, 15) is 8.42 Å². The fourth-order valence-electron chi connectivity index (χ4n) is 3.76. The van der Waals surface area contributed by atoms with Gasteiger partial charge in [-0.15, -0.1) is 0 Å². The lowest BCUT2D eigenvalue weighted by molar-refractivity contribution is 0.384. The van der Waals surface area contributed by atoms with Crippen LogP contribution in [0.25, 0.3) is 0 Å². The molecule has 2 aromatic rings. The summed E-state index contributed by atoms with van der Waals surface area (Å²) in [6.07, 6.45) is 1.01. The van der Waals surface area contributed by atoms with Crippen LogP contribution in [0.3, 0.4) is 0 Å². The third-order valence-corrected chi connectivity index (χ3v) is 8.00. The Morgan fingerprint density at radius 3 is 2.07 bits per heavy atom. The predicted octanol–water partition coefficient (Wildman–Crippen LogP) is 4.50. The number of aryl methyl sites for hydroxylation is 2. The molecule has 2 aromatic carbocycles. The van der Waals surface area contributed by atoms with E-state index in [1.54, 1.807) is 16.4 Å². The van der Waals surface area contributed by atoms with Gasteiger partial charge >= 0.3 is 0 Å². The summed E-state index contributed by atoms with van der Waals surface area (Å²) in [6.45, 7) is 13.2. The van der Waals surface area contributed by atoms with Crippen LogP contribution in [-0.4, -0.2) is 38.9 Å². The highest BCUT2D eigenvalue weighted by molar-refractivity contribution is 7.89. The van der Waals surface area contributed by atoms with Gasteiger partial charge in [-0.25, -0.2) is 8.42 Å². The monoisotopic (exact) mass is 400 g/mol. The number of piperazine rings is 1. The van der Waals surface area contributed by atoms with Gasteiger partial charge in [-0.05, 0) is 55.0 Å². The van der Waals surface area contributed by atoms with E-state index >= 15 is 0 Å². The van der Waals surface area contributed by atoms with Crippen molar-refractivity contribution in [2.24, 2.45) is 0 Å². The van der Waals surface area contributed by atoms with Crippen molar-refractivity contribution in [3.8, 4) is 0 Å². The Hall–Kier alpha value is -1.85. The van der Waals surface area contributed by atoms with E-state index in [-0.39, 0.29) is 5.41 Å². The summed E-state index contributed by atoms with van der Waals surface area (Å²) in [5.74, 6) is 0. The van der Waals surface area contributed by atoms with Crippen LogP contribution in [0.2, 0.25) is 0 Å². The zero-order valence-electron chi connectivity index (χ0n) is 17.7. The van der Waals surface area contributed by atoms with Crippen molar-refractivity contribution in [3.05, 3.63) is 59.2 Å². The molecule has 0 atom stereocenters. The van der Waals surface area contributed by atoms with E-state index in [1.165, 1.54) is 22.4 Å². The maximum absolute atomic E-state index is 13.1. The molecule has 1 aliphatic rings. The zero-order chi connectivity index (χ0) is 20.5. The number of sulfonamides is 1. The topological polar surface area (TPSA) is 40.6 Å². The van der Waals surface area contributed by atoms with Crippen LogP contribution in [0.15, 0.2) is 47.4 Å². The van der Waals surface area contributed by atoms with Crippen LogP contribution >= 0.6 is 0 Å². The van der Waals surface area contributed by atoms with Crippen molar-refractivity contribution in [2.75, 3.05) is 31.1 Å². The molecule has 0 aliphatic carbocycles. The maximum Gasteiger partial charge on any atom is 0.243 e. The molecule has 0 bridgehead atoms. The second kappa shape index (κ2) is 7.88. The van der Waals surface area contributed by atoms with Crippen molar-refractivity contribution in [2.45, 2.75) is 51.3 Å². The van der Waals surface area contributed by atoms with Crippen LogP contribution in [0.4, 0.5) is 5.69 Å². The zero-order valence-corrected chi connectivity index (χ0v) is 18.5. The van der Waals surface area contributed by atoms with Gasteiger partial charge in [0.15, 0.2) is 0 Å². The van der Waals surface area contributed by atoms with Crippen molar-refractivity contribution in [1.29, 1.82) is 0 Å². The Kier molecular flexibility index (Phi) is 5.87. The number of anilines is 1. The molecular weight excluding hydrogens is 368 g/mol. The number of rotatable bonds is 5. The summed E-state index contributed by atoms with van der Waals surface area (Å²) in [7, 11) is -3.45. The van der Waals surface area contributed by atoms with E-state index in [4.69, 9.17) is 0 Å². The standard InChI is InChI=1S/C23H32N2O2S/c1-6-23(4,5)20-8-10-21(11-9-20)28(26,27)25-15-13-24(14-16-25)22-12-7-18(2)17-19(22)3/h7-12,17H,6,13-16H2,1-5H3. The normalized spacial score (nSPS) is 16.4. The van der Waals surface area contributed by atoms with E-state index < -0.39 is 10.0 Å². The Balaban J connectivity index is 1.72. The quantitative estimate of drug-likeness (QED) is 0.742. The fourth-order valence-corrected chi connectivity index (χ4v) is 5.18. The van der Waals surface area contributed by atoms with Gasteiger partial charge in [-0.1, -0.05) is 50.6 Å². The average Bonchev–Trinajstić information content (AvgIpc) is 2.68. The fraction of sp³-hybridized carbons (Fsp3) is 0.478. The number of nitrogens with zero attached hydrogens (tertiary/aromatic N) is 2. The molecule has 0 amide bonds. The SMILES string of the molecule is CCC(C)(C)c1ccc(S(=O)(=O)N2CCN(c3ccc(C)cc3C)CC2)cc1. The van der Waals surface area contributed by atoms with Gasteiger partial charge in [0.05, 0.1) is 4.90 Å². The van der Waals surface area contributed by atoms with E-state index in [0.717, 1.165) is 6.42 Å². The highest BCUT2D eigenvalue weighted by Crippen LogP contribution is 2.29. The van der Waals surface area contributed by atoms with Gasteiger partial charge in [0.2, 0.25) is 10.0 Å². The van der Waals surface area contributed by atoms with Crippen LogP contribution < -0.4 is 4.90 Å². The van der Waals surface area contributed by atoms with Gasteiger partial charge in [0.1, 0.15) is 0 Å². The highest BCUT2D eigenvalue weighted by atomic mass is 32.2. The molecule has 28 heavy (non-hydrogen) atoms. The minimum Gasteiger partial charge on any atom is -0.369 e. The van der Waals surface area contributed by atoms with Gasteiger partial charge in [-0.3, -0.25) is 0 Å². The Bertz CT molecular complexity index is 926. The van der Waals surface area contributed by atoms with Crippen molar-refractivity contribution < 1.29 is 8.42 Å². The first kappa shape index (κ1) is 20.9. The smallest absolute Gasteiger partial charge is 0.243 e. The maximum atomic E-state index is 13.1. The minimum atomic E-state index is -3.45. The van der Waals surface area contributed by atoms with Gasteiger partial charge < -0.3 is 4.90 Å². The Morgan fingerprint density at radius 1 is 0.929 bits per heavy atom. The molecular formula is C23H32N2O2S. The first-order chi connectivity index (χ1) is 13.1. The largest absolute Gasteiger partial charge is 0.369 e. The first-order valence-corrected chi connectivity index (χ1v) is 11.5. The van der Waals surface area contributed by atoms with Crippen LogP contribution in [-0.2, 0) is 15.4 Å². The molecule has 1 saturated heterocycles. The molecule has 0 unspecified atom stereocenters. The lowest BCUT2D eigenvalue weighted by atomic mass is 9.82. The molecule has 0 N–H and O–H groups in total. The van der Waals surface area contributed by atoms with Crippen LogP contribution in [0.1, 0.15) is 43.9 Å². The second-order valence-corrected chi connectivity index (χ2v) is 10.4. The predicted molar refractivity (Wildman–Crippen MR) is 117 cm³/mol. The Morgan fingerprint density at radius 2 is 1.54 bits per heavy atom. The molecule has 1 aliphatic heterocycles. The molecule has 0 spiro atoms. The molecule has 1 heterocycles. The van der Waals surface area contributed by atoms with E-state index in [1.807, 2.05) is 12.1 Å². The molecule has 0 saturated carbocycles.